The van der Waals surface area contributed by atoms with Gasteiger partial charge in [0.05, 0.1) is 6.04 Å². The van der Waals surface area contributed by atoms with Gasteiger partial charge in [0.15, 0.2) is 5.96 Å². The van der Waals surface area contributed by atoms with Gasteiger partial charge in [-0.15, -0.1) is 0 Å². The summed E-state index contributed by atoms with van der Waals surface area (Å²) in [7, 11) is 0. The fourth-order valence-electron chi connectivity index (χ4n) is 5.22. The number of aryl methyl sites for hydroxylation is 2. The molecule has 0 bridgehead atoms. The average molecular weight is 660 g/mol. The fraction of sp³-hybridized carbons (Fsp3) is 0.353. The molecule has 0 aliphatic rings. The van der Waals surface area contributed by atoms with Gasteiger partial charge in [0.1, 0.15) is 23.9 Å². The summed E-state index contributed by atoms with van der Waals surface area (Å²) >= 11 is 0. The smallest absolute Gasteiger partial charge is 0.243 e. The monoisotopic (exact) mass is 659 g/mol. The van der Waals surface area contributed by atoms with Crippen LogP contribution in [0.25, 0.3) is 0 Å². The zero-order valence-electron chi connectivity index (χ0n) is 27.2. The number of phenolic OH excluding ortho intramolecular Hbond substituents is 1. The van der Waals surface area contributed by atoms with Crippen LogP contribution in [0.15, 0.2) is 72.0 Å². The van der Waals surface area contributed by atoms with Gasteiger partial charge in [-0.1, -0.05) is 30.3 Å². The van der Waals surface area contributed by atoms with Crippen LogP contribution in [0.1, 0.15) is 40.7 Å². The highest BCUT2D eigenvalue weighted by molar-refractivity contribution is 5.95. The first-order chi connectivity index (χ1) is 22.8. The summed E-state index contributed by atoms with van der Waals surface area (Å²) in [6.45, 7) is 3.84. The Morgan fingerprint density at radius 3 is 1.88 bits per heavy atom. The van der Waals surface area contributed by atoms with Crippen molar-refractivity contribution in [2.75, 3.05) is 6.54 Å². The van der Waals surface area contributed by atoms with E-state index in [-0.39, 0.29) is 43.9 Å². The second-order valence-electron chi connectivity index (χ2n) is 11.7. The number of benzene rings is 2. The van der Waals surface area contributed by atoms with Crippen LogP contribution in [-0.2, 0) is 38.4 Å². The molecule has 0 spiro atoms. The van der Waals surface area contributed by atoms with E-state index in [1.54, 1.807) is 50.5 Å². The molecule has 12 N–H and O–H groups in total. The molecule has 14 heteroatoms. The van der Waals surface area contributed by atoms with Gasteiger partial charge in [-0.3, -0.25) is 29.2 Å². The van der Waals surface area contributed by atoms with Crippen LogP contribution in [-0.4, -0.2) is 70.4 Å². The highest BCUT2D eigenvalue weighted by atomic mass is 16.3. The van der Waals surface area contributed by atoms with Crippen LogP contribution in [0, 0.1) is 13.8 Å². The Bertz CT molecular complexity index is 1560. The van der Waals surface area contributed by atoms with Crippen molar-refractivity contribution in [3.05, 3.63) is 94.8 Å². The topological polar surface area (TPSA) is 254 Å². The lowest BCUT2D eigenvalue weighted by Gasteiger charge is -2.26. The maximum absolute atomic E-state index is 14.0. The van der Waals surface area contributed by atoms with Gasteiger partial charge < -0.3 is 44.0 Å². The molecule has 0 unspecified atom stereocenters. The summed E-state index contributed by atoms with van der Waals surface area (Å²) in [5.74, 6) is -2.62. The van der Waals surface area contributed by atoms with Crippen LogP contribution in [0.5, 0.6) is 5.75 Å². The van der Waals surface area contributed by atoms with Crippen LogP contribution in [0.3, 0.4) is 0 Å². The number of aromatic hydroxyl groups is 1. The van der Waals surface area contributed by atoms with E-state index in [1.807, 2.05) is 30.3 Å². The minimum Gasteiger partial charge on any atom is -0.508 e. The highest BCUT2D eigenvalue weighted by Crippen LogP contribution is 2.22. The van der Waals surface area contributed by atoms with Gasteiger partial charge >= 0.3 is 0 Å². The van der Waals surface area contributed by atoms with Gasteiger partial charge in [0.25, 0.3) is 0 Å². The second kappa shape index (κ2) is 18.0. The Balaban J connectivity index is 1.88. The van der Waals surface area contributed by atoms with Crippen LogP contribution in [0.2, 0.25) is 0 Å². The Kier molecular flexibility index (Phi) is 13.9. The number of carbonyl (C=O) groups excluding carboxylic acids is 4. The van der Waals surface area contributed by atoms with Gasteiger partial charge in [-0.05, 0) is 78.8 Å². The van der Waals surface area contributed by atoms with E-state index in [1.165, 1.54) is 0 Å². The molecule has 14 nitrogen and oxygen atoms in total. The minimum absolute atomic E-state index is 0.0394. The molecular weight excluding hydrogens is 614 g/mol. The first-order valence-corrected chi connectivity index (χ1v) is 15.6. The van der Waals surface area contributed by atoms with Gasteiger partial charge in [-0.2, -0.15) is 0 Å². The Morgan fingerprint density at radius 1 is 0.771 bits per heavy atom. The van der Waals surface area contributed by atoms with Crippen LogP contribution < -0.4 is 38.9 Å². The predicted octanol–water partition coefficient (Wildman–Crippen LogP) is -0.247. The number of nitrogens with zero attached hydrogens (tertiary/aromatic N) is 2. The van der Waals surface area contributed by atoms with Crippen molar-refractivity contribution in [1.29, 1.82) is 0 Å². The molecule has 256 valence electrons. The number of nitrogens with two attached hydrogens (primary N) is 4. The molecule has 0 fully saturated rings. The SMILES string of the molecule is Cc1cc(O)cc(C)c1C[C@H](NC(=O)[C@H](N)CCCN=C(N)N)C(=O)N[C@@H](Cc1ccncc1)C(=O)N[C@@H](Cc1ccccc1)C(N)=O. The molecule has 0 aliphatic carbocycles. The lowest BCUT2D eigenvalue weighted by Crippen LogP contribution is -2.58. The fourth-order valence-corrected chi connectivity index (χ4v) is 5.22. The van der Waals surface area contributed by atoms with Crippen molar-refractivity contribution in [3.63, 3.8) is 0 Å². The van der Waals surface area contributed by atoms with E-state index in [9.17, 15) is 24.3 Å². The van der Waals surface area contributed by atoms with Gasteiger partial charge in [-0.25, -0.2) is 0 Å². The second-order valence-corrected chi connectivity index (χ2v) is 11.7. The van der Waals surface area contributed by atoms with Crippen molar-refractivity contribution < 1.29 is 24.3 Å². The zero-order valence-corrected chi connectivity index (χ0v) is 27.2. The standard InChI is InChI=1S/C34H45N9O5/c1-20-15-24(44)16-21(2)25(20)19-29(42-31(46)26(35)9-6-12-40-34(37)38)33(48)43-28(18-23-10-13-39-14-11-23)32(47)41-27(30(36)45)17-22-7-4-3-5-8-22/h3-5,7-8,10-11,13-16,26-29,44H,6,9,12,17-19,35H2,1-2H3,(H2,36,45)(H,41,47)(H,42,46)(H,43,48)(H4,37,38,40)/t26-,27+,28+,29+/m1/s1. The quantitative estimate of drug-likeness (QED) is 0.0539. The van der Waals surface area contributed by atoms with E-state index in [2.05, 4.69) is 25.9 Å². The number of carbonyl (C=O) groups is 4. The molecule has 0 saturated carbocycles. The third-order valence-electron chi connectivity index (χ3n) is 7.79. The predicted molar refractivity (Wildman–Crippen MR) is 182 cm³/mol. The van der Waals surface area contributed by atoms with Crippen molar-refractivity contribution in [2.45, 2.75) is 70.1 Å². The summed E-state index contributed by atoms with van der Waals surface area (Å²) in [5, 5.41) is 18.3. The van der Waals surface area contributed by atoms with E-state index in [0.29, 0.717) is 23.1 Å². The Hall–Kier alpha value is -5.50. The normalized spacial score (nSPS) is 13.3. The lowest BCUT2D eigenvalue weighted by molar-refractivity contribution is -0.133. The molecule has 4 amide bonds. The summed E-state index contributed by atoms with van der Waals surface area (Å²) in [6, 6.07) is 11.3. The molecule has 1 aromatic heterocycles. The summed E-state index contributed by atoms with van der Waals surface area (Å²) in [4.78, 5) is 61.2. The van der Waals surface area contributed by atoms with Crippen LogP contribution >= 0.6 is 0 Å². The largest absolute Gasteiger partial charge is 0.508 e. The number of phenols is 1. The lowest BCUT2D eigenvalue weighted by atomic mass is 9.94. The summed E-state index contributed by atoms with van der Waals surface area (Å²) in [5.41, 5.74) is 26.1. The molecule has 4 atom stereocenters. The molecule has 1 heterocycles. The molecule has 2 aromatic carbocycles. The van der Waals surface area contributed by atoms with E-state index < -0.39 is 47.8 Å². The van der Waals surface area contributed by atoms with Crippen molar-refractivity contribution in [2.24, 2.45) is 27.9 Å². The van der Waals surface area contributed by atoms with Crippen molar-refractivity contribution in [1.82, 2.24) is 20.9 Å². The third kappa shape index (κ3) is 11.7. The van der Waals surface area contributed by atoms with Gasteiger partial charge in [0.2, 0.25) is 23.6 Å². The number of guanidine groups is 1. The Labute approximate surface area is 279 Å². The summed E-state index contributed by atoms with van der Waals surface area (Å²) in [6.07, 6.45) is 4.03. The maximum atomic E-state index is 14.0. The number of primary amides is 1. The molecule has 3 aromatic rings. The molecular formula is C34H45N9O5. The number of hydrogen-bond donors (Lipinski definition) is 8. The third-order valence-corrected chi connectivity index (χ3v) is 7.79. The Morgan fingerprint density at radius 2 is 1.29 bits per heavy atom. The zero-order chi connectivity index (χ0) is 35.2. The van der Waals surface area contributed by atoms with E-state index in [4.69, 9.17) is 22.9 Å². The van der Waals surface area contributed by atoms with Crippen molar-refractivity contribution >= 4 is 29.6 Å². The molecule has 0 saturated heterocycles. The number of pyridine rings is 1. The first-order valence-electron chi connectivity index (χ1n) is 15.6. The number of aromatic nitrogens is 1. The molecule has 0 radical (unpaired) electrons. The molecule has 0 aliphatic heterocycles. The number of aliphatic imine (C=N–C) groups is 1. The van der Waals surface area contributed by atoms with Crippen molar-refractivity contribution in [3.8, 4) is 5.75 Å². The van der Waals surface area contributed by atoms with E-state index in [0.717, 1.165) is 11.1 Å². The number of nitrogens with one attached hydrogen (secondary N) is 3. The highest BCUT2D eigenvalue weighted by Gasteiger charge is 2.31. The number of amides is 4. The first kappa shape index (κ1) is 37.0. The average Bonchev–Trinajstić information content (AvgIpc) is 3.04. The molecule has 48 heavy (non-hydrogen) atoms. The number of rotatable bonds is 17. The maximum Gasteiger partial charge on any atom is 0.243 e. The number of hydrogen-bond acceptors (Lipinski definition) is 8. The van der Waals surface area contributed by atoms with Gasteiger partial charge in [0, 0.05) is 38.2 Å². The summed E-state index contributed by atoms with van der Waals surface area (Å²) < 4.78 is 0. The molecule has 3 rings (SSSR count). The minimum atomic E-state index is -1.16. The van der Waals surface area contributed by atoms with E-state index >= 15 is 0 Å². The van der Waals surface area contributed by atoms with Crippen LogP contribution in [0.4, 0.5) is 0 Å².